The lowest BCUT2D eigenvalue weighted by molar-refractivity contribution is -0.138. The van der Waals surface area contributed by atoms with Gasteiger partial charge < -0.3 is 5.11 Å². The van der Waals surface area contributed by atoms with E-state index in [1.165, 1.54) is 41.3 Å². The van der Waals surface area contributed by atoms with Gasteiger partial charge in [-0.3, -0.25) is 24.6 Å². The number of fused-ring (bicyclic) bond motifs is 4. The average Bonchev–Trinajstić information content (AvgIpc) is 3.48. The van der Waals surface area contributed by atoms with Crippen molar-refractivity contribution >= 4 is 69.8 Å². The molecule has 0 bridgehead atoms. The van der Waals surface area contributed by atoms with Gasteiger partial charge in [0.25, 0.3) is 11.8 Å². The van der Waals surface area contributed by atoms with E-state index >= 15 is 4.79 Å². The molecular weight excluding hydrogens is 716 g/mol. The summed E-state index contributed by atoms with van der Waals surface area (Å²) >= 11 is 19.7. The second kappa shape index (κ2) is 12.2. The summed E-state index contributed by atoms with van der Waals surface area (Å²) in [5.74, 6) is -6.60. The number of nitrogens with zero attached hydrogens (tertiary/aromatic N) is 2. The van der Waals surface area contributed by atoms with Crippen molar-refractivity contribution in [1.29, 1.82) is 0 Å². The summed E-state index contributed by atoms with van der Waals surface area (Å²) in [6.07, 6.45) is 2.19. The molecule has 4 aromatic carbocycles. The van der Waals surface area contributed by atoms with E-state index in [0.29, 0.717) is 38.1 Å². The molecule has 0 radical (unpaired) electrons. The fourth-order valence-electron chi connectivity index (χ4n) is 8.73. The quantitative estimate of drug-likeness (QED) is 0.159. The Labute approximate surface area is 307 Å². The van der Waals surface area contributed by atoms with Crippen molar-refractivity contribution < 1.29 is 28.7 Å². The Kier molecular flexibility index (Phi) is 8.01. The number of hydrogen-bond donors (Lipinski definition) is 2. The number of phenols is 1. The molecule has 8 rings (SSSR count). The number of amides is 4. The predicted octanol–water partition coefficient (Wildman–Crippen LogP) is 7.99. The summed E-state index contributed by atoms with van der Waals surface area (Å²) in [5.41, 5.74) is 4.45. The number of allylic oxidation sites excluding steroid dienone is 2. The Balaban J connectivity index is 1.32. The van der Waals surface area contributed by atoms with Crippen molar-refractivity contribution in [2.45, 2.75) is 31.1 Å². The van der Waals surface area contributed by atoms with E-state index < -0.39 is 58.5 Å². The zero-order valence-electron chi connectivity index (χ0n) is 26.9. The Bertz CT molecular complexity index is 2190. The third kappa shape index (κ3) is 5.00. The summed E-state index contributed by atoms with van der Waals surface area (Å²) in [6, 6.07) is 21.5. The number of nitrogens with one attached hydrogen (secondary N) is 1. The largest absolute Gasteiger partial charge is 0.508 e. The van der Waals surface area contributed by atoms with E-state index in [1.807, 2.05) is 13.0 Å². The lowest BCUT2D eigenvalue weighted by atomic mass is 9.49. The van der Waals surface area contributed by atoms with Crippen LogP contribution in [0.5, 0.6) is 5.75 Å². The van der Waals surface area contributed by atoms with E-state index in [1.54, 1.807) is 48.5 Å². The van der Waals surface area contributed by atoms with E-state index in [4.69, 9.17) is 34.8 Å². The van der Waals surface area contributed by atoms with Gasteiger partial charge in [-0.25, -0.2) is 9.29 Å². The maximum Gasteiger partial charge on any atom is 0.260 e. The van der Waals surface area contributed by atoms with E-state index in [2.05, 4.69) is 5.43 Å². The molecule has 0 spiro atoms. The number of hydrazine groups is 1. The molecular formula is C39H29Cl3FN3O5. The zero-order chi connectivity index (χ0) is 35.9. The Morgan fingerprint density at radius 1 is 0.824 bits per heavy atom. The first kappa shape index (κ1) is 33.4. The molecule has 3 fully saturated rings. The van der Waals surface area contributed by atoms with Crippen molar-refractivity contribution in [3.63, 3.8) is 0 Å². The van der Waals surface area contributed by atoms with Crippen LogP contribution in [0.25, 0.3) is 0 Å². The van der Waals surface area contributed by atoms with Gasteiger partial charge in [-0.1, -0.05) is 70.7 Å². The third-order valence-corrected chi connectivity index (χ3v) is 12.0. The minimum absolute atomic E-state index is 0.0650. The van der Waals surface area contributed by atoms with Crippen LogP contribution in [0.4, 0.5) is 15.8 Å². The second-order valence-corrected chi connectivity index (χ2v) is 14.8. The van der Waals surface area contributed by atoms with Gasteiger partial charge in [0.1, 0.15) is 11.6 Å². The topological polar surface area (TPSA) is 107 Å². The van der Waals surface area contributed by atoms with Gasteiger partial charge in [0.15, 0.2) is 0 Å². The van der Waals surface area contributed by atoms with E-state index in [-0.39, 0.29) is 29.5 Å². The first-order valence-corrected chi connectivity index (χ1v) is 17.5. The lowest BCUT2D eigenvalue weighted by Crippen LogP contribution is -2.53. The van der Waals surface area contributed by atoms with Crippen molar-refractivity contribution in [3.05, 3.63) is 134 Å². The fourth-order valence-corrected chi connectivity index (χ4v) is 9.31. The number of benzene rings is 4. The van der Waals surface area contributed by atoms with Gasteiger partial charge in [0.05, 0.1) is 34.5 Å². The van der Waals surface area contributed by atoms with Crippen LogP contribution in [0.1, 0.15) is 35.4 Å². The van der Waals surface area contributed by atoms with Gasteiger partial charge in [0, 0.05) is 21.0 Å². The van der Waals surface area contributed by atoms with Crippen LogP contribution in [0.15, 0.2) is 96.6 Å². The molecule has 12 heteroatoms. The standard InChI is InChI=1S/C39H29Cl3FN3O5/c1-19-2-11-24(16-31(19)41)45-35(48)28-15-14-26-29(33(28)37(45)50)18-30-36(49)46(44-23-9-7-22(43)8-10-23)38(51)39(30,20-3-5-21(40)6-4-20)34(26)27-13-12-25(47)17-32(27)42/h2-14,16-17,28-30,33-34,44,47H,15,18H2,1H3/t28-,29+,30-,33-,34+,39+/m0/s1. The molecule has 258 valence electrons. The van der Waals surface area contributed by atoms with Crippen LogP contribution in [-0.4, -0.2) is 33.7 Å². The lowest BCUT2D eigenvalue weighted by Gasteiger charge is -2.50. The summed E-state index contributed by atoms with van der Waals surface area (Å²) < 4.78 is 13.8. The molecule has 51 heavy (non-hydrogen) atoms. The normalized spacial score (nSPS) is 26.9. The number of anilines is 2. The Hall–Kier alpha value is -4.70. The van der Waals surface area contributed by atoms with Gasteiger partial charge >= 0.3 is 0 Å². The maximum absolute atomic E-state index is 15.2. The van der Waals surface area contributed by atoms with E-state index in [0.717, 1.165) is 10.6 Å². The number of aryl methyl sites for hydroxylation is 1. The molecule has 8 nitrogen and oxygen atoms in total. The van der Waals surface area contributed by atoms with E-state index in [9.17, 15) is 23.9 Å². The Morgan fingerprint density at radius 3 is 2.24 bits per heavy atom. The van der Waals surface area contributed by atoms with Crippen LogP contribution >= 0.6 is 34.8 Å². The van der Waals surface area contributed by atoms with Gasteiger partial charge in [-0.2, -0.15) is 5.01 Å². The number of imide groups is 2. The number of phenolic OH excluding ortho intramolecular Hbond substituents is 1. The molecule has 2 saturated heterocycles. The minimum atomic E-state index is -1.60. The number of carbonyl (C=O) groups is 4. The number of halogens is 4. The second-order valence-electron chi connectivity index (χ2n) is 13.5. The van der Waals surface area contributed by atoms with Gasteiger partial charge in [-0.05, 0) is 103 Å². The van der Waals surface area contributed by atoms with Crippen LogP contribution in [-0.2, 0) is 24.6 Å². The first-order valence-electron chi connectivity index (χ1n) is 16.4. The van der Waals surface area contributed by atoms with Crippen molar-refractivity contribution in [2.24, 2.45) is 23.7 Å². The van der Waals surface area contributed by atoms with Gasteiger partial charge in [-0.15, -0.1) is 0 Å². The maximum atomic E-state index is 15.2. The summed E-state index contributed by atoms with van der Waals surface area (Å²) in [5, 5.41) is 12.3. The number of hydrogen-bond acceptors (Lipinski definition) is 6. The van der Waals surface area contributed by atoms with Crippen LogP contribution in [0, 0.1) is 36.4 Å². The number of carbonyl (C=O) groups excluding carboxylic acids is 4. The molecule has 2 heterocycles. The molecule has 0 aromatic heterocycles. The van der Waals surface area contributed by atoms with Crippen molar-refractivity contribution in [3.8, 4) is 5.75 Å². The summed E-state index contributed by atoms with van der Waals surface area (Å²) in [7, 11) is 0. The fraction of sp³-hybridized carbons (Fsp3) is 0.231. The summed E-state index contributed by atoms with van der Waals surface area (Å²) in [4.78, 5) is 59.6. The SMILES string of the molecule is Cc1ccc(N2C(=O)[C@H]3[C@H](CC=C4[C@H]3C[C@H]3C(=O)N(Nc5ccc(F)cc5)C(=O)[C@@]3(c3ccc(Cl)cc3)[C@H]4c3ccc(O)cc3Cl)C2=O)cc1Cl. The van der Waals surface area contributed by atoms with Crippen LogP contribution in [0.3, 0.4) is 0 Å². The zero-order valence-corrected chi connectivity index (χ0v) is 29.2. The third-order valence-electron chi connectivity index (χ3n) is 11.0. The molecule has 4 aromatic rings. The molecule has 2 aliphatic carbocycles. The highest BCUT2D eigenvalue weighted by Crippen LogP contribution is 2.65. The molecule has 1 saturated carbocycles. The van der Waals surface area contributed by atoms with Crippen LogP contribution in [0.2, 0.25) is 15.1 Å². The highest BCUT2D eigenvalue weighted by atomic mass is 35.5. The molecule has 0 unspecified atom stereocenters. The predicted molar refractivity (Wildman–Crippen MR) is 191 cm³/mol. The molecule has 2 aliphatic heterocycles. The van der Waals surface area contributed by atoms with Crippen molar-refractivity contribution in [1.82, 2.24) is 5.01 Å². The monoisotopic (exact) mass is 743 g/mol. The van der Waals surface area contributed by atoms with Crippen LogP contribution < -0.4 is 10.3 Å². The molecule has 4 aliphatic rings. The first-order chi connectivity index (χ1) is 24.4. The molecule has 4 amide bonds. The smallest absolute Gasteiger partial charge is 0.260 e. The summed E-state index contributed by atoms with van der Waals surface area (Å²) in [6.45, 7) is 1.83. The minimum Gasteiger partial charge on any atom is -0.508 e. The molecule has 6 atom stereocenters. The highest BCUT2D eigenvalue weighted by Gasteiger charge is 2.70. The average molecular weight is 745 g/mol. The van der Waals surface area contributed by atoms with Gasteiger partial charge in [0.2, 0.25) is 11.8 Å². The number of aromatic hydroxyl groups is 1. The Morgan fingerprint density at radius 2 is 1.55 bits per heavy atom. The number of rotatable bonds is 5. The van der Waals surface area contributed by atoms with Crippen molar-refractivity contribution in [2.75, 3.05) is 10.3 Å². The molecule has 2 N–H and O–H groups in total. The highest BCUT2D eigenvalue weighted by molar-refractivity contribution is 6.32.